The number of hydrogen-bond acceptors (Lipinski definition) is 0. The summed E-state index contributed by atoms with van der Waals surface area (Å²) in [5.74, 6) is 0. The molecule has 0 aliphatic heterocycles. The molecule has 0 spiro atoms. The number of hydrogen-bond donors (Lipinski definition) is 0. The second-order valence-corrected chi connectivity index (χ2v) is 16.7. The molecule has 0 saturated carbocycles. The van der Waals surface area contributed by atoms with Gasteiger partial charge < -0.3 is 0 Å². The first kappa shape index (κ1) is 31.3. The van der Waals surface area contributed by atoms with Gasteiger partial charge in [-0.15, -0.1) is 0 Å². The van der Waals surface area contributed by atoms with Crippen LogP contribution in [-0.4, -0.2) is 8.07 Å². The first-order chi connectivity index (χ1) is 24.8. The van der Waals surface area contributed by atoms with E-state index in [1.165, 1.54) is 54.1 Å². The smallest absolute Gasteiger partial charge is 0.0623 e. The summed E-state index contributed by atoms with van der Waals surface area (Å²) in [6.45, 7) is 0. The zero-order valence-corrected chi connectivity index (χ0v) is 28.9. The van der Waals surface area contributed by atoms with Gasteiger partial charge in [-0.1, -0.05) is 231 Å². The van der Waals surface area contributed by atoms with Crippen LogP contribution in [0.3, 0.4) is 0 Å². The van der Waals surface area contributed by atoms with Crippen LogP contribution in [0.1, 0.15) is 22.3 Å². The maximum Gasteiger partial charge on any atom is 0.179 e. The average Bonchev–Trinajstić information content (AvgIpc) is 3.22. The Morgan fingerprint density at radius 1 is 0.220 bits per heavy atom. The summed E-state index contributed by atoms with van der Waals surface area (Å²) >= 11 is 0. The zero-order chi connectivity index (χ0) is 33.6. The third-order valence-electron chi connectivity index (χ3n) is 10.2. The largest absolute Gasteiger partial charge is 0.179 e. The van der Waals surface area contributed by atoms with Crippen molar-refractivity contribution in [1.29, 1.82) is 0 Å². The molecule has 0 saturated heterocycles. The summed E-state index contributed by atoms with van der Waals surface area (Å²) in [6.07, 6.45) is 0. The lowest BCUT2D eigenvalue weighted by Crippen LogP contribution is -2.74. The lowest BCUT2D eigenvalue weighted by Gasteiger charge is -2.37. The molecule has 0 N–H and O–H groups in total. The molecular formula is C49H38Si. The van der Waals surface area contributed by atoms with Crippen molar-refractivity contribution < 1.29 is 0 Å². The Hall–Kier alpha value is -6.02. The molecule has 0 heterocycles. The van der Waals surface area contributed by atoms with Crippen LogP contribution in [0.25, 0.3) is 11.1 Å². The van der Waals surface area contributed by atoms with Gasteiger partial charge in [0.25, 0.3) is 0 Å². The molecule has 238 valence electrons. The minimum absolute atomic E-state index is 0.460. The Morgan fingerprint density at radius 3 is 0.780 bits per heavy atom. The fourth-order valence-electron chi connectivity index (χ4n) is 7.95. The molecule has 0 radical (unpaired) electrons. The topological polar surface area (TPSA) is 0 Å². The second kappa shape index (κ2) is 13.8. The first-order valence-electron chi connectivity index (χ1n) is 17.4. The highest BCUT2D eigenvalue weighted by atomic mass is 28.3. The zero-order valence-electron chi connectivity index (χ0n) is 27.9. The van der Waals surface area contributed by atoms with Gasteiger partial charge in [0.2, 0.25) is 0 Å². The van der Waals surface area contributed by atoms with E-state index in [1.807, 2.05) is 0 Å². The SMILES string of the molecule is c1ccc(C(c2ccccc2)(c2ccccc2)c2ccc(-c3ccc([Si](c4ccccc4)(c4ccccc4)c4ccccc4)cc3)cc2)cc1. The van der Waals surface area contributed by atoms with Crippen molar-refractivity contribution in [1.82, 2.24) is 0 Å². The van der Waals surface area contributed by atoms with E-state index >= 15 is 0 Å². The lowest BCUT2D eigenvalue weighted by atomic mass is 9.65. The number of rotatable bonds is 9. The summed E-state index contributed by atoms with van der Waals surface area (Å²) in [6, 6.07) is 84.7. The predicted molar refractivity (Wildman–Crippen MR) is 214 cm³/mol. The summed E-state index contributed by atoms with van der Waals surface area (Å²) < 4.78 is 0. The molecule has 0 aromatic heterocycles. The molecule has 0 bridgehead atoms. The maximum atomic E-state index is 2.38. The molecule has 8 aromatic rings. The normalized spacial score (nSPS) is 11.6. The summed E-state index contributed by atoms with van der Waals surface area (Å²) in [5.41, 5.74) is 6.94. The highest BCUT2D eigenvalue weighted by molar-refractivity contribution is 7.19. The van der Waals surface area contributed by atoms with Gasteiger partial charge in [0, 0.05) is 0 Å². The molecule has 0 fully saturated rings. The fraction of sp³-hybridized carbons (Fsp3) is 0.0204. The van der Waals surface area contributed by atoms with E-state index in [2.05, 4.69) is 231 Å². The first-order valence-corrected chi connectivity index (χ1v) is 19.4. The van der Waals surface area contributed by atoms with E-state index in [0.29, 0.717) is 0 Å². The molecule has 1 heteroatoms. The van der Waals surface area contributed by atoms with E-state index in [-0.39, 0.29) is 0 Å². The van der Waals surface area contributed by atoms with Crippen molar-refractivity contribution in [2.24, 2.45) is 0 Å². The molecular weight excluding hydrogens is 617 g/mol. The molecule has 0 unspecified atom stereocenters. The molecule has 8 aromatic carbocycles. The fourth-order valence-corrected chi connectivity index (χ4v) is 12.7. The molecule has 0 nitrogen and oxygen atoms in total. The van der Waals surface area contributed by atoms with Gasteiger partial charge in [0.1, 0.15) is 0 Å². The molecule has 0 amide bonds. The van der Waals surface area contributed by atoms with Crippen LogP contribution in [-0.2, 0) is 5.41 Å². The predicted octanol–water partition coefficient (Wildman–Crippen LogP) is 9.11. The van der Waals surface area contributed by atoms with Gasteiger partial charge in [-0.05, 0) is 54.1 Å². The number of benzene rings is 8. The maximum absolute atomic E-state index is 2.57. The van der Waals surface area contributed by atoms with E-state index in [9.17, 15) is 0 Å². The second-order valence-electron chi connectivity index (χ2n) is 12.9. The minimum atomic E-state index is -2.57. The Morgan fingerprint density at radius 2 is 0.460 bits per heavy atom. The van der Waals surface area contributed by atoms with Crippen molar-refractivity contribution in [2.45, 2.75) is 5.41 Å². The highest BCUT2D eigenvalue weighted by Gasteiger charge is 2.41. The monoisotopic (exact) mass is 654 g/mol. The summed E-state index contributed by atoms with van der Waals surface area (Å²) in [4.78, 5) is 0. The van der Waals surface area contributed by atoms with E-state index in [4.69, 9.17) is 0 Å². The van der Waals surface area contributed by atoms with Crippen LogP contribution in [0.4, 0.5) is 0 Å². The standard InChI is InChI=1S/C49H38Si/c1-7-19-41(20-8-1)49(42-21-9-2-10-22-42,43-23-11-3-12-24-43)44-35-31-39(32-36-44)40-33-37-48(38-34-40)50(45-25-13-4-14-26-45,46-27-15-5-16-28-46)47-29-17-6-18-30-47/h1-38H. The van der Waals surface area contributed by atoms with Crippen LogP contribution < -0.4 is 20.7 Å². The van der Waals surface area contributed by atoms with Gasteiger partial charge in [-0.25, -0.2) is 0 Å². The molecule has 0 aliphatic carbocycles. The van der Waals surface area contributed by atoms with Crippen molar-refractivity contribution >= 4 is 28.8 Å². The van der Waals surface area contributed by atoms with Crippen molar-refractivity contribution in [2.75, 3.05) is 0 Å². The van der Waals surface area contributed by atoms with Crippen molar-refractivity contribution in [3.05, 3.63) is 253 Å². The molecule has 50 heavy (non-hydrogen) atoms. The molecule has 0 atom stereocenters. The Bertz CT molecular complexity index is 1890. The van der Waals surface area contributed by atoms with Crippen LogP contribution in [0.5, 0.6) is 0 Å². The minimum Gasteiger partial charge on any atom is -0.0623 e. The van der Waals surface area contributed by atoms with Crippen LogP contribution in [0.2, 0.25) is 0 Å². The molecule has 8 rings (SSSR count). The van der Waals surface area contributed by atoms with E-state index in [0.717, 1.165) is 0 Å². The summed E-state index contributed by atoms with van der Waals surface area (Å²) in [5, 5.41) is 5.52. The quantitative estimate of drug-likeness (QED) is 0.108. The summed E-state index contributed by atoms with van der Waals surface area (Å²) in [7, 11) is -2.57. The van der Waals surface area contributed by atoms with Crippen LogP contribution in [0, 0.1) is 0 Å². The van der Waals surface area contributed by atoms with Crippen molar-refractivity contribution in [3.8, 4) is 11.1 Å². The third-order valence-corrected chi connectivity index (χ3v) is 15.0. The third kappa shape index (κ3) is 5.43. The Labute approximate surface area is 297 Å². The van der Waals surface area contributed by atoms with Gasteiger partial charge in [-0.3, -0.25) is 0 Å². The molecule has 0 aliphatic rings. The average molecular weight is 655 g/mol. The van der Waals surface area contributed by atoms with Crippen molar-refractivity contribution in [3.63, 3.8) is 0 Å². The van der Waals surface area contributed by atoms with Crippen LogP contribution in [0.15, 0.2) is 231 Å². The van der Waals surface area contributed by atoms with Gasteiger partial charge >= 0.3 is 0 Å². The Balaban J connectivity index is 1.25. The van der Waals surface area contributed by atoms with Gasteiger partial charge in [0.15, 0.2) is 8.07 Å². The van der Waals surface area contributed by atoms with Crippen LogP contribution >= 0.6 is 0 Å². The van der Waals surface area contributed by atoms with E-state index in [1.54, 1.807) is 0 Å². The Kier molecular flexibility index (Phi) is 8.65. The lowest BCUT2D eigenvalue weighted by molar-refractivity contribution is 0.745. The van der Waals surface area contributed by atoms with Gasteiger partial charge in [-0.2, -0.15) is 0 Å². The highest BCUT2D eigenvalue weighted by Crippen LogP contribution is 2.45. The van der Waals surface area contributed by atoms with E-state index < -0.39 is 13.5 Å². The van der Waals surface area contributed by atoms with Gasteiger partial charge in [0.05, 0.1) is 5.41 Å².